The highest BCUT2D eigenvalue weighted by molar-refractivity contribution is 9.10. The van der Waals surface area contributed by atoms with Crippen LogP contribution in [0.1, 0.15) is 16.7 Å². The van der Waals surface area contributed by atoms with Crippen molar-refractivity contribution in [3.63, 3.8) is 0 Å². The third-order valence-corrected chi connectivity index (χ3v) is 4.05. The van der Waals surface area contributed by atoms with E-state index in [0.717, 1.165) is 26.9 Å². The second-order valence-electron chi connectivity index (χ2n) is 5.84. The number of carbonyl (C=O) groups is 2. The average Bonchev–Trinajstić information content (AvgIpc) is 2.54. The number of benzene rings is 2. The zero-order valence-corrected chi connectivity index (χ0v) is 16.1. The molecular weight excluding hydrogens is 384 g/mol. The van der Waals surface area contributed by atoms with Gasteiger partial charge in [0.05, 0.1) is 6.54 Å². The van der Waals surface area contributed by atoms with Crippen LogP contribution in [0.15, 0.2) is 40.9 Å². The van der Waals surface area contributed by atoms with Gasteiger partial charge in [-0.2, -0.15) is 0 Å². The van der Waals surface area contributed by atoms with Crippen molar-refractivity contribution in [1.82, 2.24) is 5.32 Å². The number of aryl methyl sites for hydroxylation is 3. The Kier molecular flexibility index (Phi) is 6.58. The summed E-state index contributed by atoms with van der Waals surface area (Å²) < 4.78 is 6.25. The van der Waals surface area contributed by atoms with E-state index in [-0.39, 0.29) is 25.0 Å². The summed E-state index contributed by atoms with van der Waals surface area (Å²) in [6, 6.07) is 11.2. The zero-order chi connectivity index (χ0) is 18.4. The first-order chi connectivity index (χ1) is 11.8. The van der Waals surface area contributed by atoms with Gasteiger partial charge in [0.25, 0.3) is 5.91 Å². The Morgan fingerprint density at radius 3 is 2.36 bits per heavy atom. The van der Waals surface area contributed by atoms with E-state index >= 15 is 0 Å². The first-order valence-electron chi connectivity index (χ1n) is 7.88. The van der Waals surface area contributed by atoms with Gasteiger partial charge in [-0.15, -0.1) is 0 Å². The molecule has 0 saturated carbocycles. The lowest BCUT2D eigenvalue weighted by Gasteiger charge is -2.13. The van der Waals surface area contributed by atoms with Crippen LogP contribution in [0.3, 0.4) is 0 Å². The number of amides is 2. The number of ether oxygens (including phenoxy) is 1. The lowest BCUT2D eigenvalue weighted by Crippen LogP contribution is -2.36. The van der Waals surface area contributed by atoms with Crippen molar-refractivity contribution in [2.24, 2.45) is 0 Å². The molecule has 0 aromatic heterocycles. The van der Waals surface area contributed by atoms with Gasteiger partial charge in [-0.25, -0.2) is 0 Å². The molecule has 2 aromatic rings. The minimum atomic E-state index is -0.354. The molecule has 5 nitrogen and oxygen atoms in total. The molecule has 0 aliphatic rings. The van der Waals surface area contributed by atoms with Gasteiger partial charge in [0.1, 0.15) is 5.75 Å². The molecular formula is C19H21BrN2O3. The van der Waals surface area contributed by atoms with E-state index in [9.17, 15) is 9.59 Å². The Labute approximate surface area is 155 Å². The first-order valence-corrected chi connectivity index (χ1v) is 8.67. The monoisotopic (exact) mass is 404 g/mol. The maximum absolute atomic E-state index is 12.1. The maximum atomic E-state index is 12.1. The van der Waals surface area contributed by atoms with Crippen molar-refractivity contribution in [3.05, 3.63) is 57.6 Å². The summed E-state index contributed by atoms with van der Waals surface area (Å²) in [7, 11) is 0. The largest absolute Gasteiger partial charge is 0.484 e. The van der Waals surface area contributed by atoms with E-state index in [0.29, 0.717) is 5.75 Å². The molecule has 0 fully saturated rings. The van der Waals surface area contributed by atoms with Crippen LogP contribution in [0, 0.1) is 20.8 Å². The third kappa shape index (κ3) is 5.90. The van der Waals surface area contributed by atoms with Crippen molar-refractivity contribution in [2.75, 3.05) is 18.5 Å². The van der Waals surface area contributed by atoms with Crippen LogP contribution in [0.5, 0.6) is 5.75 Å². The standard InChI is InChI=1S/C19H21BrN2O3/c1-12-7-13(2)19(14(3)8-12)22-17(23)10-21-18(24)11-25-16-6-4-5-15(20)9-16/h4-9H,10-11H2,1-3H3,(H,21,24)(H,22,23). The van der Waals surface area contributed by atoms with Gasteiger partial charge in [0.15, 0.2) is 6.61 Å². The van der Waals surface area contributed by atoms with Crippen LogP contribution in [0.25, 0.3) is 0 Å². The minimum absolute atomic E-state index is 0.104. The Hall–Kier alpha value is -2.34. The van der Waals surface area contributed by atoms with Gasteiger partial charge in [-0.3, -0.25) is 9.59 Å². The molecule has 25 heavy (non-hydrogen) atoms. The van der Waals surface area contributed by atoms with Crippen molar-refractivity contribution >= 4 is 33.4 Å². The normalized spacial score (nSPS) is 10.2. The number of anilines is 1. The SMILES string of the molecule is Cc1cc(C)c(NC(=O)CNC(=O)COc2cccc(Br)c2)c(C)c1. The van der Waals surface area contributed by atoms with E-state index in [4.69, 9.17) is 4.74 Å². The molecule has 6 heteroatoms. The predicted octanol–water partition coefficient (Wildman–Crippen LogP) is 3.51. The molecule has 2 rings (SSSR count). The van der Waals surface area contributed by atoms with Gasteiger partial charge in [-0.1, -0.05) is 39.7 Å². The van der Waals surface area contributed by atoms with Gasteiger partial charge < -0.3 is 15.4 Å². The van der Waals surface area contributed by atoms with Gasteiger partial charge in [-0.05, 0) is 50.1 Å². The highest BCUT2D eigenvalue weighted by atomic mass is 79.9. The fourth-order valence-corrected chi connectivity index (χ4v) is 2.87. The molecule has 2 amide bonds. The minimum Gasteiger partial charge on any atom is -0.484 e. The van der Waals surface area contributed by atoms with Crippen molar-refractivity contribution < 1.29 is 14.3 Å². The van der Waals surface area contributed by atoms with Crippen molar-refractivity contribution in [3.8, 4) is 5.75 Å². The Morgan fingerprint density at radius 2 is 1.72 bits per heavy atom. The van der Waals surface area contributed by atoms with Crippen molar-refractivity contribution in [1.29, 1.82) is 0 Å². The van der Waals surface area contributed by atoms with E-state index in [1.54, 1.807) is 12.1 Å². The molecule has 0 atom stereocenters. The molecule has 0 aliphatic carbocycles. The zero-order valence-electron chi connectivity index (χ0n) is 14.5. The molecule has 2 aromatic carbocycles. The smallest absolute Gasteiger partial charge is 0.258 e. The maximum Gasteiger partial charge on any atom is 0.258 e. The average molecular weight is 405 g/mol. The van der Waals surface area contributed by atoms with Gasteiger partial charge in [0, 0.05) is 10.2 Å². The Morgan fingerprint density at radius 1 is 1.04 bits per heavy atom. The summed E-state index contributed by atoms with van der Waals surface area (Å²) in [5.41, 5.74) is 3.92. The summed E-state index contributed by atoms with van der Waals surface area (Å²) in [6.07, 6.45) is 0. The van der Waals surface area contributed by atoms with Crippen LogP contribution < -0.4 is 15.4 Å². The summed E-state index contributed by atoms with van der Waals surface area (Å²) >= 11 is 3.33. The molecule has 132 valence electrons. The summed E-state index contributed by atoms with van der Waals surface area (Å²) in [4.78, 5) is 23.9. The quantitative estimate of drug-likeness (QED) is 0.773. The van der Waals surface area contributed by atoms with Crippen LogP contribution in [0.4, 0.5) is 5.69 Å². The highest BCUT2D eigenvalue weighted by Crippen LogP contribution is 2.21. The lowest BCUT2D eigenvalue weighted by molar-refractivity contribution is -0.125. The number of hydrogen-bond donors (Lipinski definition) is 2. The molecule has 0 heterocycles. The van der Waals surface area contributed by atoms with Crippen molar-refractivity contribution in [2.45, 2.75) is 20.8 Å². The fraction of sp³-hybridized carbons (Fsp3) is 0.263. The summed E-state index contributed by atoms with van der Waals surface area (Å²) in [5, 5.41) is 5.39. The van der Waals surface area contributed by atoms with E-state index < -0.39 is 0 Å². The highest BCUT2D eigenvalue weighted by Gasteiger charge is 2.10. The molecule has 0 bridgehead atoms. The molecule has 2 N–H and O–H groups in total. The summed E-state index contributed by atoms with van der Waals surface area (Å²) in [5.74, 6) is -0.0433. The predicted molar refractivity (Wildman–Crippen MR) is 102 cm³/mol. The molecule has 0 spiro atoms. The van der Waals surface area contributed by atoms with Gasteiger partial charge >= 0.3 is 0 Å². The lowest BCUT2D eigenvalue weighted by atomic mass is 10.1. The Balaban J connectivity index is 1.81. The van der Waals surface area contributed by atoms with Crippen LogP contribution in [-0.4, -0.2) is 25.0 Å². The van der Waals surface area contributed by atoms with Crippen LogP contribution in [-0.2, 0) is 9.59 Å². The van der Waals surface area contributed by atoms with E-state index in [2.05, 4.69) is 26.6 Å². The second-order valence-corrected chi connectivity index (χ2v) is 6.76. The molecule has 0 saturated heterocycles. The number of rotatable bonds is 6. The number of hydrogen-bond acceptors (Lipinski definition) is 3. The fourth-order valence-electron chi connectivity index (χ4n) is 2.50. The first kappa shape index (κ1) is 19.0. The number of nitrogens with one attached hydrogen (secondary N) is 2. The van der Waals surface area contributed by atoms with E-state index in [1.807, 2.05) is 45.0 Å². The third-order valence-electron chi connectivity index (χ3n) is 3.55. The molecule has 0 aliphatic heterocycles. The topological polar surface area (TPSA) is 67.4 Å². The van der Waals surface area contributed by atoms with Crippen LogP contribution >= 0.6 is 15.9 Å². The van der Waals surface area contributed by atoms with Crippen LogP contribution in [0.2, 0.25) is 0 Å². The molecule has 0 radical (unpaired) electrons. The number of halogens is 1. The number of carbonyl (C=O) groups excluding carboxylic acids is 2. The Bertz CT molecular complexity index is 767. The second kappa shape index (κ2) is 8.67. The molecule has 0 unspecified atom stereocenters. The van der Waals surface area contributed by atoms with E-state index in [1.165, 1.54) is 0 Å². The summed E-state index contributed by atoms with van der Waals surface area (Å²) in [6.45, 7) is 5.65. The van der Waals surface area contributed by atoms with Gasteiger partial charge in [0.2, 0.25) is 5.91 Å².